The van der Waals surface area contributed by atoms with Gasteiger partial charge in [0.2, 0.25) is 0 Å². The Hall–Kier alpha value is -0.790. The molecule has 0 rings (SSSR count). The molecule has 0 radical (unpaired) electrons. The third kappa shape index (κ3) is 29.2. The van der Waals surface area contributed by atoms with Gasteiger partial charge in [-0.3, -0.25) is 4.79 Å². The molecule has 0 aromatic carbocycles. The molecular formula is C32H62O2. The molecule has 0 bridgehead atoms. The SMILES string of the molecule is CCCC/C=C/CCCCCCCCOC(=O)CCCCCCCCCCCCCCCCC. The number of hydrogen-bond acceptors (Lipinski definition) is 2. The Balaban J connectivity index is 3.17. The second kappa shape index (κ2) is 30.2. The molecule has 202 valence electrons. The van der Waals surface area contributed by atoms with Crippen LogP contribution in [0.15, 0.2) is 12.2 Å². The fourth-order valence-corrected chi connectivity index (χ4v) is 4.53. The van der Waals surface area contributed by atoms with E-state index in [0.29, 0.717) is 13.0 Å². The molecule has 0 fully saturated rings. The molecule has 2 heteroatoms. The van der Waals surface area contributed by atoms with Crippen molar-refractivity contribution in [1.29, 1.82) is 0 Å². The zero-order valence-corrected chi connectivity index (χ0v) is 23.6. The first-order chi connectivity index (χ1) is 16.8. The molecule has 2 nitrogen and oxygen atoms in total. The van der Waals surface area contributed by atoms with Gasteiger partial charge in [0.05, 0.1) is 6.61 Å². The third-order valence-corrected chi connectivity index (χ3v) is 6.90. The van der Waals surface area contributed by atoms with Crippen LogP contribution in [-0.2, 0) is 9.53 Å². The molecule has 0 unspecified atom stereocenters. The lowest BCUT2D eigenvalue weighted by Gasteiger charge is -2.05. The van der Waals surface area contributed by atoms with Crippen molar-refractivity contribution in [3.63, 3.8) is 0 Å². The van der Waals surface area contributed by atoms with E-state index in [1.54, 1.807) is 0 Å². The Labute approximate surface area is 215 Å². The van der Waals surface area contributed by atoms with E-state index in [4.69, 9.17) is 4.74 Å². The van der Waals surface area contributed by atoms with Gasteiger partial charge in [-0.25, -0.2) is 0 Å². The van der Waals surface area contributed by atoms with Crippen molar-refractivity contribution in [2.45, 2.75) is 181 Å². The van der Waals surface area contributed by atoms with Gasteiger partial charge in [0, 0.05) is 6.42 Å². The van der Waals surface area contributed by atoms with E-state index in [0.717, 1.165) is 12.8 Å². The van der Waals surface area contributed by atoms with E-state index in [9.17, 15) is 4.79 Å². The fourth-order valence-electron chi connectivity index (χ4n) is 4.53. The predicted octanol–water partition coefficient (Wildman–Crippen LogP) is 11.3. The molecule has 0 spiro atoms. The average molecular weight is 479 g/mol. The Morgan fingerprint density at radius 2 is 0.853 bits per heavy atom. The summed E-state index contributed by atoms with van der Waals surface area (Å²) < 4.78 is 5.40. The van der Waals surface area contributed by atoms with Gasteiger partial charge in [0.25, 0.3) is 0 Å². The normalized spacial score (nSPS) is 11.5. The maximum atomic E-state index is 11.8. The second-order valence-corrected chi connectivity index (χ2v) is 10.4. The van der Waals surface area contributed by atoms with Crippen LogP contribution < -0.4 is 0 Å². The molecule has 0 atom stereocenters. The number of rotatable bonds is 28. The van der Waals surface area contributed by atoms with E-state index >= 15 is 0 Å². The summed E-state index contributed by atoms with van der Waals surface area (Å²) >= 11 is 0. The minimum Gasteiger partial charge on any atom is -0.466 e. The van der Waals surface area contributed by atoms with Gasteiger partial charge in [-0.15, -0.1) is 0 Å². The van der Waals surface area contributed by atoms with Crippen LogP contribution in [0.4, 0.5) is 0 Å². The number of esters is 1. The molecular weight excluding hydrogens is 416 g/mol. The summed E-state index contributed by atoms with van der Waals surface area (Å²) in [7, 11) is 0. The minimum absolute atomic E-state index is 0.0181. The van der Waals surface area contributed by atoms with Crippen molar-refractivity contribution in [3.8, 4) is 0 Å². The summed E-state index contributed by atoms with van der Waals surface area (Å²) in [5, 5.41) is 0. The van der Waals surface area contributed by atoms with Crippen LogP contribution in [0, 0.1) is 0 Å². The van der Waals surface area contributed by atoms with Crippen molar-refractivity contribution in [3.05, 3.63) is 12.2 Å². The topological polar surface area (TPSA) is 26.3 Å². The van der Waals surface area contributed by atoms with Gasteiger partial charge >= 0.3 is 5.97 Å². The van der Waals surface area contributed by atoms with E-state index in [1.165, 1.54) is 148 Å². The number of carbonyl (C=O) groups excluding carboxylic acids is 1. The molecule has 0 aliphatic carbocycles. The summed E-state index contributed by atoms with van der Waals surface area (Å²) in [6.45, 7) is 5.16. The number of unbranched alkanes of at least 4 members (excludes halogenated alkanes) is 22. The highest BCUT2D eigenvalue weighted by atomic mass is 16.5. The molecule has 0 aliphatic rings. The Morgan fingerprint density at radius 3 is 1.35 bits per heavy atom. The number of allylic oxidation sites excluding steroid dienone is 2. The van der Waals surface area contributed by atoms with Gasteiger partial charge < -0.3 is 4.74 Å². The Bertz CT molecular complexity index is 415. The molecule has 0 saturated heterocycles. The van der Waals surface area contributed by atoms with Crippen molar-refractivity contribution in [1.82, 2.24) is 0 Å². The molecule has 0 saturated carbocycles. The maximum absolute atomic E-state index is 11.8. The molecule has 0 heterocycles. The zero-order chi connectivity index (χ0) is 24.8. The van der Waals surface area contributed by atoms with E-state index in [1.807, 2.05) is 0 Å². The van der Waals surface area contributed by atoms with Crippen molar-refractivity contribution < 1.29 is 9.53 Å². The first-order valence-corrected chi connectivity index (χ1v) is 15.6. The lowest BCUT2D eigenvalue weighted by atomic mass is 10.0. The maximum Gasteiger partial charge on any atom is 0.305 e. The standard InChI is InChI=1S/C32H62O2/c1-3-5-7-9-11-13-15-17-18-19-20-22-24-26-28-30-32(33)34-31-29-27-25-23-21-16-14-12-10-8-6-4-2/h10,12H,3-9,11,13-31H2,1-2H3/b12-10+. The van der Waals surface area contributed by atoms with Gasteiger partial charge in [-0.1, -0.05) is 154 Å². The molecule has 0 aliphatic heterocycles. The van der Waals surface area contributed by atoms with Crippen LogP contribution >= 0.6 is 0 Å². The second-order valence-electron chi connectivity index (χ2n) is 10.4. The quantitative estimate of drug-likeness (QED) is 0.0634. The van der Waals surface area contributed by atoms with Crippen LogP contribution in [0.3, 0.4) is 0 Å². The number of hydrogen-bond donors (Lipinski definition) is 0. The van der Waals surface area contributed by atoms with Crippen LogP contribution in [0.5, 0.6) is 0 Å². The molecule has 34 heavy (non-hydrogen) atoms. The van der Waals surface area contributed by atoms with E-state index < -0.39 is 0 Å². The highest BCUT2D eigenvalue weighted by Crippen LogP contribution is 2.14. The fraction of sp³-hybridized carbons (Fsp3) is 0.906. The predicted molar refractivity (Wildman–Crippen MR) is 151 cm³/mol. The highest BCUT2D eigenvalue weighted by Gasteiger charge is 2.02. The summed E-state index contributed by atoms with van der Waals surface area (Å²) in [4.78, 5) is 11.8. The lowest BCUT2D eigenvalue weighted by molar-refractivity contribution is -0.143. The van der Waals surface area contributed by atoms with Gasteiger partial charge in [-0.2, -0.15) is 0 Å². The average Bonchev–Trinajstić information content (AvgIpc) is 2.84. The minimum atomic E-state index is 0.0181. The van der Waals surface area contributed by atoms with E-state index in [-0.39, 0.29) is 5.97 Å². The van der Waals surface area contributed by atoms with Gasteiger partial charge in [-0.05, 0) is 32.1 Å². The Kier molecular flexibility index (Phi) is 29.5. The van der Waals surface area contributed by atoms with E-state index in [2.05, 4.69) is 26.0 Å². The van der Waals surface area contributed by atoms with Crippen molar-refractivity contribution in [2.75, 3.05) is 6.61 Å². The number of ether oxygens (including phenoxy) is 1. The molecule has 0 amide bonds. The number of carbonyl (C=O) groups is 1. The van der Waals surface area contributed by atoms with Crippen LogP contribution in [-0.4, -0.2) is 12.6 Å². The summed E-state index contributed by atoms with van der Waals surface area (Å²) in [6, 6.07) is 0. The van der Waals surface area contributed by atoms with Crippen LogP contribution in [0.25, 0.3) is 0 Å². The smallest absolute Gasteiger partial charge is 0.305 e. The van der Waals surface area contributed by atoms with Crippen LogP contribution in [0.2, 0.25) is 0 Å². The zero-order valence-electron chi connectivity index (χ0n) is 23.6. The first-order valence-electron chi connectivity index (χ1n) is 15.6. The molecule has 0 N–H and O–H groups in total. The summed E-state index contributed by atoms with van der Waals surface area (Å²) in [5.74, 6) is 0.0181. The summed E-state index contributed by atoms with van der Waals surface area (Å²) in [5.41, 5.74) is 0. The van der Waals surface area contributed by atoms with Gasteiger partial charge in [0.15, 0.2) is 0 Å². The third-order valence-electron chi connectivity index (χ3n) is 6.90. The highest BCUT2D eigenvalue weighted by molar-refractivity contribution is 5.69. The monoisotopic (exact) mass is 478 g/mol. The molecule has 0 aromatic heterocycles. The van der Waals surface area contributed by atoms with Crippen molar-refractivity contribution >= 4 is 5.97 Å². The Morgan fingerprint density at radius 1 is 0.471 bits per heavy atom. The van der Waals surface area contributed by atoms with Crippen molar-refractivity contribution in [2.24, 2.45) is 0 Å². The lowest BCUT2D eigenvalue weighted by Crippen LogP contribution is -2.05. The van der Waals surface area contributed by atoms with Crippen LogP contribution in [0.1, 0.15) is 181 Å². The van der Waals surface area contributed by atoms with Gasteiger partial charge in [0.1, 0.15) is 0 Å². The molecule has 0 aromatic rings. The first kappa shape index (κ1) is 33.2. The summed E-state index contributed by atoms with van der Waals surface area (Å²) in [6.07, 6.45) is 38.2. The largest absolute Gasteiger partial charge is 0.466 e.